The summed E-state index contributed by atoms with van der Waals surface area (Å²) in [5.74, 6) is -0.229. The maximum Gasteiger partial charge on any atom is 0.242 e. The van der Waals surface area contributed by atoms with Crippen LogP contribution in [0.3, 0.4) is 0 Å². The van der Waals surface area contributed by atoms with Gasteiger partial charge < -0.3 is 16.0 Å². The molecule has 110 valence electrons. The molecule has 3 N–H and O–H groups in total. The van der Waals surface area contributed by atoms with Gasteiger partial charge in [0.05, 0.1) is 6.04 Å². The van der Waals surface area contributed by atoms with E-state index < -0.39 is 6.04 Å². The molecule has 1 heterocycles. The summed E-state index contributed by atoms with van der Waals surface area (Å²) in [7, 11) is 0. The highest BCUT2D eigenvalue weighted by Crippen LogP contribution is 2.12. The zero-order valence-corrected chi connectivity index (χ0v) is 12.7. The number of hydrogen-bond acceptors (Lipinski definition) is 3. The summed E-state index contributed by atoms with van der Waals surface area (Å²) in [5.41, 5.74) is -0.284. The highest BCUT2D eigenvalue weighted by atomic mass is 16.2. The first-order valence-corrected chi connectivity index (χ1v) is 7.07. The third kappa shape index (κ3) is 5.59. The molecule has 0 radical (unpaired) electrons. The number of hydrogen-bond donors (Lipinski definition) is 3. The van der Waals surface area contributed by atoms with E-state index in [0.29, 0.717) is 6.04 Å². The van der Waals surface area contributed by atoms with Gasteiger partial charge in [-0.2, -0.15) is 0 Å². The van der Waals surface area contributed by atoms with Gasteiger partial charge >= 0.3 is 0 Å². The first-order chi connectivity index (χ1) is 8.69. The Morgan fingerprint density at radius 2 is 1.89 bits per heavy atom. The van der Waals surface area contributed by atoms with Crippen LogP contribution < -0.4 is 16.0 Å². The molecule has 1 aliphatic rings. The standard InChI is InChI=1S/C14H27N3O2/c1-9-7-6-8-11(15-9)13(19)16-10(2)12(18)17-14(3,4)5/h9-11,15H,6-8H2,1-5H3,(H,16,19)(H,17,18). The van der Waals surface area contributed by atoms with E-state index in [9.17, 15) is 9.59 Å². The molecule has 2 amide bonds. The molecular formula is C14H27N3O2. The lowest BCUT2D eigenvalue weighted by atomic mass is 9.99. The monoisotopic (exact) mass is 269 g/mol. The van der Waals surface area contributed by atoms with Crippen LogP contribution in [-0.4, -0.2) is 35.5 Å². The minimum Gasteiger partial charge on any atom is -0.350 e. The van der Waals surface area contributed by atoms with Crippen molar-refractivity contribution in [1.29, 1.82) is 0 Å². The molecule has 3 atom stereocenters. The Morgan fingerprint density at radius 1 is 1.26 bits per heavy atom. The summed E-state index contributed by atoms with van der Waals surface area (Å²) < 4.78 is 0. The lowest BCUT2D eigenvalue weighted by Crippen LogP contribution is -2.56. The van der Waals surface area contributed by atoms with Gasteiger partial charge in [-0.15, -0.1) is 0 Å². The molecule has 1 rings (SSSR count). The third-order valence-corrected chi connectivity index (χ3v) is 3.18. The summed E-state index contributed by atoms with van der Waals surface area (Å²) in [6, 6.07) is -0.317. The first-order valence-electron chi connectivity index (χ1n) is 7.07. The topological polar surface area (TPSA) is 70.2 Å². The molecule has 3 unspecified atom stereocenters. The van der Waals surface area contributed by atoms with E-state index in [0.717, 1.165) is 19.3 Å². The van der Waals surface area contributed by atoms with Crippen LogP contribution in [0.2, 0.25) is 0 Å². The van der Waals surface area contributed by atoms with Crippen LogP contribution in [0.1, 0.15) is 53.9 Å². The number of rotatable bonds is 3. The van der Waals surface area contributed by atoms with Crippen LogP contribution in [0, 0.1) is 0 Å². The van der Waals surface area contributed by atoms with Crippen LogP contribution in [0.15, 0.2) is 0 Å². The van der Waals surface area contributed by atoms with Gasteiger partial charge in [-0.1, -0.05) is 0 Å². The number of amides is 2. The molecule has 5 nitrogen and oxygen atoms in total. The lowest BCUT2D eigenvalue weighted by Gasteiger charge is -2.29. The van der Waals surface area contributed by atoms with E-state index in [4.69, 9.17) is 0 Å². The van der Waals surface area contributed by atoms with Gasteiger partial charge in [0.2, 0.25) is 11.8 Å². The maximum absolute atomic E-state index is 12.1. The summed E-state index contributed by atoms with van der Waals surface area (Å²) >= 11 is 0. The fourth-order valence-electron chi connectivity index (χ4n) is 2.20. The van der Waals surface area contributed by atoms with Gasteiger partial charge in [-0.3, -0.25) is 9.59 Å². The Balaban J connectivity index is 2.45. The molecule has 5 heteroatoms. The minimum atomic E-state index is -0.509. The molecule has 0 saturated carbocycles. The van der Waals surface area contributed by atoms with Crippen LogP contribution in [0.5, 0.6) is 0 Å². The molecule has 0 aromatic heterocycles. The van der Waals surface area contributed by atoms with Gasteiger partial charge in [0, 0.05) is 11.6 Å². The van der Waals surface area contributed by atoms with E-state index in [1.807, 2.05) is 20.8 Å². The predicted molar refractivity (Wildman–Crippen MR) is 75.7 cm³/mol. The molecule has 0 bridgehead atoms. The van der Waals surface area contributed by atoms with Crippen molar-refractivity contribution in [2.24, 2.45) is 0 Å². The predicted octanol–water partition coefficient (Wildman–Crippen LogP) is 0.936. The highest BCUT2D eigenvalue weighted by molar-refractivity contribution is 5.89. The van der Waals surface area contributed by atoms with Crippen LogP contribution in [-0.2, 0) is 9.59 Å². The minimum absolute atomic E-state index is 0.0805. The van der Waals surface area contributed by atoms with E-state index in [2.05, 4.69) is 22.9 Å². The van der Waals surface area contributed by atoms with Gasteiger partial charge in [0.1, 0.15) is 6.04 Å². The summed E-state index contributed by atoms with van der Waals surface area (Å²) in [5, 5.41) is 8.91. The zero-order valence-electron chi connectivity index (χ0n) is 12.7. The Labute approximate surface area is 115 Å². The fourth-order valence-corrected chi connectivity index (χ4v) is 2.20. The second-order valence-corrected chi connectivity index (χ2v) is 6.52. The van der Waals surface area contributed by atoms with Crippen molar-refractivity contribution in [2.45, 2.75) is 77.5 Å². The summed E-state index contributed by atoms with van der Waals surface area (Å²) in [6.07, 6.45) is 2.99. The Hall–Kier alpha value is -1.10. The van der Waals surface area contributed by atoms with Gasteiger partial charge in [0.25, 0.3) is 0 Å². The molecular weight excluding hydrogens is 242 g/mol. The van der Waals surface area contributed by atoms with E-state index in [-0.39, 0.29) is 23.4 Å². The Morgan fingerprint density at radius 3 is 2.42 bits per heavy atom. The van der Waals surface area contributed by atoms with Crippen LogP contribution >= 0.6 is 0 Å². The Kier molecular flexibility index (Phi) is 5.35. The third-order valence-electron chi connectivity index (χ3n) is 3.18. The van der Waals surface area contributed by atoms with Crippen molar-refractivity contribution in [3.8, 4) is 0 Å². The number of carbonyl (C=O) groups excluding carboxylic acids is 2. The summed E-state index contributed by atoms with van der Waals surface area (Å²) in [4.78, 5) is 24.0. The molecule has 0 aromatic carbocycles. The largest absolute Gasteiger partial charge is 0.350 e. The number of nitrogens with one attached hydrogen (secondary N) is 3. The van der Waals surface area contributed by atoms with Gasteiger partial charge in [0.15, 0.2) is 0 Å². The van der Waals surface area contributed by atoms with Crippen molar-refractivity contribution in [3.05, 3.63) is 0 Å². The summed E-state index contributed by atoms with van der Waals surface area (Å²) in [6.45, 7) is 9.55. The second-order valence-electron chi connectivity index (χ2n) is 6.52. The lowest BCUT2D eigenvalue weighted by molar-refractivity contribution is -0.130. The van der Waals surface area contributed by atoms with Gasteiger partial charge in [-0.05, 0) is 53.9 Å². The van der Waals surface area contributed by atoms with E-state index in [1.165, 1.54) is 0 Å². The quantitative estimate of drug-likeness (QED) is 0.714. The highest BCUT2D eigenvalue weighted by Gasteiger charge is 2.27. The van der Waals surface area contributed by atoms with E-state index >= 15 is 0 Å². The van der Waals surface area contributed by atoms with Crippen LogP contribution in [0.25, 0.3) is 0 Å². The van der Waals surface area contributed by atoms with Crippen molar-refractivity contribution in [3.63, 3.8) is 0 Å². The Bertz CT molecular complexity index is 336. The first kappa shape index (κ1) is 16.0. The zero-order chi connectivity index (χ0) is 14.6. The van der Waals surface area contributed by atoms with Crippen LogP contribution in [0.4, 0.5) is 0 Å². The van der Waals surface area contributed by atoms with E-state index in [1.54, 1.807) is 6.92 Å². The molecule has 0 aliphatic carbocycles. The number of piperidine rings is 1. The average molecular weight is 269 g/mol. The second kappa shape index (κ2) is 6.37. The molecule has 1 fully saturated rings. The number of carbonyl (C=O) groups is 2. The maximum atomic E-state index is 12.1. The molecule has 19 heavy (non-hydrogen) atoms. The molecule has 1 saturated heterocycles. The molecule has 0 aromatic rings. The molecule has 1 aliphatic heterocycles. The van der Waals surface area contributed by atoms with Crippen molar-refractivity contribution < 1.29 is 9.59 Å². The fraction of sp³-hybridized carbons (Fsp3) is 0.857. The normalized spacial score (nSPS) is 25.5. The van der Waals surface area contributed by atoms with Crippen molar-refractivity contribution in [2.75, 3.05) is 0 Å². The van der Waals surface area contributed by atoms with Gasteiger partial charge in [-0.25, -0.2) is 0 Å². The van der Waals surface area contributed by atoms with Crippen molar-refractivity contribution in [1.82, 2.24) is 16.0 Å². The SMILES string of the molecule is CC1CCCC(C(=O)NC(C)C(=O)NC(C)(C)C)N1. The van der Waals surface area contributed by atoms with Crippen molar-refractivity contribution >= 4 is 11.8 Å². The smallest absolute Gasteiger partial charge is 0.242 e. The average Bonchev–Trinajstić information content (AvgIpc) is 2.26. The molecule has 0 spiro atoms.